The molecule has 0 amide bonds. The van der Waals surface area contributed by atoms with Gasteiger partial charge in [0, 0.05) is 11.9 Å². The highest BCUT2D eigenvalue weighted by atomic mass is 32.2. The van der Waals surface area contributed by atoms with Gasteiger partial charge in [0.2, 0.25) is 0 Å². The lowest BCUT2D eigenvalue weighted by molar-refractivity contribution is 0.750. The maximum Gasteiger partial charge on any atom is 0.0767 e. The summed E-state index contributed by atoms with van der Waals surface area (Å²) in [5, 5.41) is 4.41. The number of para-hydroxylation sites is 1. The van der Waals surface area contributed by atoms with Gasteiger partial charge in [-0.2, -0.15) is 11.8 Å². The summed E-state index contributed by atoms with van der Waals surface area (Å²) in [6, 6.07) is 7.97. The van der Waals surface area contributed by atoms with Crippen molar-refractivity contribution >= 4 is 34.0 Å². The van der Waals surface area contributed by atoms with E-state index in [1.165, 1.54) is 25.0 Å². The van der Waals surface area contributed by atoms with Crippen molar-refractivity contribution in [3.8, 4) is 0 Å². The number of anilines is 2. The summed E-state index contributed by atoms with van der Waals surface area (Å²) in [5.74, 6) is 1.25. The molecule has 3 nitrogen and oxygen atoms in total. The van der Waals surface area contributed by atoms with Crippen LogP contribution in [0.4, 0.5) is 11.4 Å². The van der Waals surface area contributed by atoms with Gasteiger partial charge in [-0.05, 0) is 30.9 Å². The molecule has 19 heavy (non-hydrogen) atoms. The Balaban J connectivity index is 1.92. The predicted octanol–water partition coefficient (Wildman–Crippen LogP) is 3.76. The number of nitrogen functional groups attached to an aromatic ring is 1. The van der Waals surface area contributed by atoms with Crippen LogP contribution in [0.25, 0.3) is 10.9 Å². The second-order valence-corrected chi connectivity index (χ2v) is 5.57. The summed E-state index contributed by atoms with van der Waals surface area (Å²) >= 11 is 1.91. The maximum atomic E-state index is 6.18. The Morgan fingerprint density at radius 1 is 1.21 bits per heavy atom. The zero-order valence-electron chi connectivity index (χ0n) is 11.4. The van der Waals surface area contributed by atoms with Crippen LogP contribution in [0.15, 0.2) is 30.5 Å². The third kappa shape index (κ3) is 3.77. The molecular weight excluding hydrogens is 254 g/mol. The SMILES string of the molecule is CSCCCCCNc1cnc2ccccc2c1N. The first-order valence-electron chi connectivity index (χ1n) is 6.69. The van der Waals surface area contributed by atoms with Gasteiger partial charge in [-0.1, -0.05) is 24.6 Å². The van der Waals surface area contributed by atoms with E-state index in [0.717, 1.165) is 28.8 Å². The number of aromatic nitrogens is 1. The molecule has 0 radical (unpaired) electrons. The fourth-order valence-electron chi connectivity index (χ4n) is 2.07. The van der Waals surface area contributed by atoms with Gasteiger partial charge >= 0.3 is 0 Å². The Morgan fingerprint density at radius 2 is 2.05 bits per heavy atom. The zero-order valence-corrected chi connectivity index (χ0v) is 12.2. The van der Waals surface area contributed by atoms with E-state index >= 15 is 0 Å². The van der Waals surface area contributed by atoms with E-state index in [2.05, 4.69) is 16.6 Å². The number of pyridine rings is 1. The molecule has 0 aliphatic heterocycles. The molecule has 2 rings (SSSR count). The average Bonchev–Trinajstić information content (AvgIpc) is 2.45. The highest BCUT2D eigenvalue weighted by Crippen LogP contribution is 2.26. The molecule has 3 N–H and O–H groups in total. The predicted molar refractivity (Wildman–Crippen MR) is 86.9 cm³/mol. The lowest BCUT2D eigenvalue weighted by atomic mass is 10.1. The van der Waals surface area contributed by atoms with Crippen molar-refractivity contribution in [1.29, 1.82) is 0 Å². The minimum absolute atomic E-state index is 0.801. The van der Waals surface area contributed by atoms with Crippen LogP contribution < -0.4 is 11.1 Å². The molecule has 4 heteroatoms. The highest BCUT2D eigenvalue weighted by Gasteiger charge is 2.04. The van der Waals surface area contributed by atoms with Crippen LogP contribution >= 0.6 is 11.8 Å². The lowest BCUT2D eigenvalue weighted by Gasteiger charge is -2.10. The van der Waals surface area contributed by atoms with Crippen molar-refractivity contribution in [2.75, 3.05) is 29.6 Å². The van der Waals surface area contributed by atoms with Gasteiger partial charge in [0.15, 0.2) is 0 Å². The standard InChI is InChI=1S/C15H21N3S/c1-19-10-6-2-5-9-17-14-11-18-13-8-4-3-7-12(13)15(14)16/h3-4,7-8,11,17H,2,5-6,9-10H2,1H3,(H2,16,18). The van der Waals surface area contributed by atoms with Crippen LogP contribution in [0.2, 0.25) is 0 Å². The van der Waals surface area contributed by atoms with Gasteiger partial charge in [0.25, 0.3) is 0 Å². The number of hydrogen-bond acceptors (Lipinski definition) is 4. The Hall–Kier alpha value is -1.42. The first-order valence-corrected chi connectivity index (χ1v) is 8.08. The smallest absolute Gasteiger partial charge is 0.0767 e. The molecule has 0 unspecified atom stereocenters. The number of nitrogens with zero attached hydrogens (tertiary/aromatic N) is 1. The number of hydrogen-bond donors (Lipinski definition) is 2. The summed E-state index contributed by atoms with van der Waals surface area (Å²) < 4.78 is 0. The monoisotopic (exact) mass is 275 g/mol. The van der Waals surface area contributed by atoms with Crippen molar-refractivity contribution < 1.29 is 0 Å². The molecule has 0 aliphatic rings. The van der Waals surface area contributed by atoms with E-state index in [4.69, 9.17) is 5.73 Å². The molecule has 0 saturated carbocycles. The van der Waals surface area contributed by atoms with Crippen LogP contribution in [0.3, 0.4) is 0 Å². The second-order valence-electron chi connectivity index (χ2n) is 4.58. The summed E-state index contributed by atoms with van der Waals surface area (Å²) in [7, 11) is 0. The minimum atomic E-state index is 0.801. The first kappa shape index (κ1) is 14.0. The van der Waals surface area contributed by atoms with Gasteiger partial charge in [-0.25, -0.2) is 0 Å². The Morgan fingerprint density at radius 3 is 2.89 bits per heavy atom. The molecular formula is C15H21N3S. The quantitative estimate of drug-likeness (QED) is 0.755. The minimum Gasteiger partial charge on any atom is -0.396 e. The van der Waals surface area contributed by atoms with E-state index in [0.29, 0.717) is 0 Å². The van der Waals surface area contributed by atoms with E-state index in [1.807, 2.05) is 42.2 Å². The fraction of sp³-hybridized carbons (Fsp3) is 0.400. The van der Waals surface area contributed by atoms with Gasteiger partial charge in [0.05, 0.1) is 23.1 Å². The van der Waals surface area contributed by atoms with Crippen molar-refractivity contribution in [3.05, 3.63) is 30.5 Å². The van der Waals surface area contributed by atoms with Crippen molar-refractivity contribution in [1.82, 2.24) is 4.98 Å². The van der Waals surface area contributed by atoms with Gasteiger partial charge in [-0.3, -0.25) is 4.98 Å². The van der Waals surface area contributed by atoms with Crippen LogP contribution in [-0.2, 0) is 0 Å². The molecule has 1 heterocycles. The third-order valence-electron chi connectivity index (χ3n) is 3.16. The van der Waals surface area contributed by atoms with E-state index in [1.54, 1.807) is 0 Å². The van der Waals surface area contributed by atoms with Crippen LogP contribution in [0, 0.1) is 0 Å². The van der Waals surface area contributed by atoms with Crippen molar-refractivity contribution in [2.24, 2.45) is 0 Å². The van der Waals surface area contributed by atoms with Crippen LogP contribution in [-0.4, -0.2) is 23.5 Å². The number of nitrogens with one attached hydrogen (secondary N) is 1. The summed E-state index contributed by atoms with van der Waals surface area (Å²) in [6.07, 6.45) is 7.70. The molecule has 0 fully saturated rings. The molecule has 0 bridgehead atoms. The number of benzene rings is 1. The number of nitrogens with two attached hydrogens (primary N) is 1. The van der Waals surface area contributed by atoms with E-state index < -0.39 is 0 Å². The Kier molecular flexibility index (Phi) is 5.33. The van der Waals surface area contributed by atoms with Gasteiger partial charge < -0.3 is 11.1 Å². The van der Waals surface area contributed by atoms with Gasteiger partial charge in [0.1, 0.15) is 0 Å². The Labute approximate surface area is 119 Å². The largest absolute Gasteiger partial charge is 0.396 e. The molecule has 2 aromatic rings. The van der Waals surface area contributed by atoms with Crippen molar-refractivity contribution in [2.45, 2.75) is 19.3 Å². The zero-order chi connectivity index (χ0) is 13.5. The van der Waals surface area contributed by atoms with Crippen LogP contribution in [0.5, 0.6) is 0 Å². The summed E-state index contributed by atoms with van der Waals surface area (Å²) in [5.41, 5.74) is 8.87. The molecule has 102 valence electrons. The highest BCUT2D eigenvalue weighted by molar-refractivity contribution is 7.98. The Bertz CT molecular complexity index is 528. The number of rotatable bonds is 7. The fourth-order valence-corrected chi connectivity index (χ4v) is 2.57. The molecule has 1 aromatic carbocycles. The van der Waals surface area contributed by atoms with Gasteiger partial charge in [-0.15, -0.1) is 0 Å². The topological polar surface area (TPSA) is 50.9 Å². The first-order chi connectivity index (χ1) is 9.33. The van der Waals surface area contributed by atoms with E-state index in [9.17, 15) is 0 Å². The van der Waals surface area contributed by atoms with Crippen LogP contribution in [0.1, 0.15) is 19.3 Å². The molecule has 0 saturated heterocycles. The normalized spacial score (nSPS) is 10.8. The van der Waals surface area contributed by atoms with E-state index in [-0.39, 0.29) is 0 Å². The van der Waals surface area contributed by atoms with Crippen molar-refractivity contribution in [3.63, 3.8) is 0 Å². The summed E-state index contributed by atoms with van der Waals surface area (Å²) in [4.78, 5) is 4.42. The number of fused-ring (bicyclic) bond motifs is 1. The second kappa shape index (κ2) is 7.24. The maximum absolute atomic E-state index is 6.18. The summed E-state index contributed by atoms with van der Waals surface area (Å²) in [6.45, 7) is 0.957. The molecule has 1 aromatic heterocycles. The number of thioether (sulfide) groups is 1. The third-order valence-corrected chi connectivity index (χ3v) is 3.85. The average molecular weight is 275 g/mol. The number of unbranched alkanes of at least 4 members (excludes halogenated alkanes) is 2. The molecule has 0 atom stereocenters. The molecule has 0 spiro atoms. The lowest BCUT2D eigenvalue weighted by Crippen LogP contribution is -2.05. The molecule has 0 aliphatic carbocycles.